The highest BCUT2D eigenvalue weighted by Crippen LogP contribution is 2.27. The number of benzene rings is 1. The van der Waals surface area contributed by atoms with Crippen molar-refractivity contribution in [2.24, 2.45) is 0 Å². The number of rotatable bonds is 9. The second kappa shape index (κ2) is 9.92. The highest BCUT2D eigenvalue weighted by atomic mass is 16.5. The van der Waals surface area contributed by atoms with Crippen molar-refractivity contribution in [1.29, 1.82) is 5.26 Å². The van der Waals surface area contributed by atoms with Gasteiger partial charge in [0.15, 0.2) is 6.61 Å². The largest absolute Gasteiger partial charge is 0.444 e. The molecule has 2 aromatic rings. The van der Waals surface area contributed by atoms with E-state index in [4.69, 9.17) is 14.4 Å². The lowest BCUT2D eigenvalue weighted by molar-refractivity contribution is -0.121. The van der Waals surface area contributed by atoms with Crippen LogP contribution in [0.1, 0.15) is 29.3 Å². The van der Waals surface area contributed by atoms with E-state index >= 15 is 0 Å². The van der Waals surface area contributed by atoms with Gasteiger partial charge in [-0.3, -0.25) is 4.79 Å². The quantitative estimate of drug-likeness (QED) is 0.524. The summed E-state index contributed by atoms with van der Waals surface area (Å²) in [5.41, 5.74) is 1.93. The molecule has 8 nitrogen and oxygen atoms in total. The summed E-state index contributed by atoms with van der Waals surface area (Å²) in [5.74, 6) is -0.903. The van der Waals surface area contributed by atoms with Gasteiger partial charge in [0.05, 0.1) is 6.54 Å². The molecule has 0 saturated carbocycles. The molecule has 1 aromatic carbocycles. The van der Waals surface area contributed by atoms with Gasteiger partial charge in [0.25, 0.3) is 0 Å². The van der Waals surface area contributed by atoms with Crippen LogP contribution in [0, 0.1) is 11.3 Å². The maximum Gasteiger partial charge on any atom is 0.377 e. The molecule has 8 heteroatoms. The lowest BCUT2D eigenvalue weighted by Gasteiger charge is -2.12. The zero-order valence-corrected chi connectivity index (χ0v) is 15.9. The Hall–Kier alpha value is -3.60. The zero-order valence-electron chi connectivity index (χ0n) is 15.9. The number of anilines is 1. The SMILES string of the molecule is C=CCCC(=O)NCc1nc(-c2ccc(N(C)C)cc2)c(C(=O)OCC#N)o1. The summed E-state index contributed by atoms with van der Waals surface area (Å²) in [4.78, 5) is 30.3. The lowest BCUT2D eigenvalue weighted by atomic mass is 10.1. The molecule has 0 saturated heterocycles. The van der Waals surface area contributed by atoms with E-state index < -0.39 is 12.6 Å². The van der Waals surface area contributed by atoms with Crippen LogP contribution < -0.4 is 10.2 Å². The summed E-state index contributed by atoms with van der Waals surface area (Å²) >= 11 is 0. The van der Waals surface area contributed by atoms with E-state index in [0.29, 0.717) is 24.1 Å². The number of hydrogen-bond donors (Lipinski definition) is 1. The number of carbonyl (C=O) groups excluding carboxylic acids is 2. The summed E-state index contributed by atoms with van der Waals surface area (Å²) in [5, 5.41) is 11.3. The van der Waals surface area contributed by atoms with Gasteiger partial charge in [0.1, 0.15) is 11.8 Å². The molecule has 1 N–H and O–H groups in total. The van der Waals surface area contributed by atoms with Crippen molar-refractivity contribution in [2.75, 3.05) is 25.6 Å². The van der Waals surface area contributed by atoms with E-state index in [0.717, 1.165) is 5.69 Å². The molecule has 0 aliphatic rings. The van der Waals surface area contributed by atoms with Crippen molar-refractivity contribution < 1.29 is 18.7 Å². The predicted molar refractivity (Wildman–Crippen MR) is 103 cm³/mol. The zero-order chi connectivity index (χ0) is 20.5. The molecule has 0 bridgehead atoms. The number of allylic oxidation sites excluding steroid dienone is 1. The Morgan fingerprint density at radius 2 is 2.07 bits per heavy atom. The van der Waals surface area contributed by atoms with Crippen LogP contribution >= 0.6 is 0 Å². The van der Waals surface area contributed by atoms with Gasteiger partial charge in [-0.2, -0.15) is 5.26 Å². The van der Waals surface area contributed by atoms with Crippen LogP contribution in [0.25, 0.3) is 11.3 Å². The fourth-order valence-electron chi connectivity index (χ4n) is 2.35. The van der Waals surface area contributed by atoms with Gasteiger partial charge in [-0.25, -0.2) is 9.78 Å². The summed E-state index contributed by atoms with van der Waals surface area (Å²) in [6.45, 7) is 3.21. The minimum absolute atomic E-state index is 0.0320. The van der Waals surface area contributed by atoms with Crippen LogP contribution in [-0.2, 0) is 16.1 Å². The van der Waals surface area contributed by atoms with Crippen molar-refractivity contribution in [3.05, 3.63) is 48.6 Å². The molecule has 0 aliphatic carbocycles. The minimum atomic E-state index is -0.787. The highest BCUT2D eigenvalue weighted by molar-refractivity contribution is 5.93. The third-order valence-electron chi connectivity index (χ3n) is 3.79. The second-order valence-electron chi connectivity index (χ2n) is 6.06. The summed E-state index contributed by atoms with van der Waals surface area (Å²) in [6, 6.07) is 9.11. The predicted octanol–water partition coefficient (Wildman–Crippen LogP) is 2.67. The second-order valence-corrected chi connectivity index (χ2v) is 6.06. The lowest BCUT2D eigenvalue weighted by Crippen LogP contribution is -2.22. The van der Waals surface area contributed by atoms with Crippen LogP contribution in [0.5, 0.6) is 0 Å². The normalized spacial score (nSPS) is 10.0. The maximum atomic E-state index is 12.3. The minimum Gasteiger partial charge on any atom is -0.444 e. The summed E-state index contributed by atoms with van der Waals surface area (Å²) < 4.78 is 10.4. The van der Waals surface area contributed by atoms with Crippen molar-refractivity contribution in [3.8, 4) is 17.3 Å². The molecule has 0 unspecified atom stereocenters. The Balaban J connectivity index is 2.27. The van der Waals surface area contributed by atoms with Crippen LogP contribution in [0.4, 0.5) is 5.69 Å². The first-order valence-corrected chi connectivity index (χ1v) is 8.65. The number of carbonyl (C=O) groups is 2. The first kappa shape index (κ1) is 20.7. The fourth-order valence-corrected chi connectivity index (χ4v) is 2.35. The molecule has 1 amide bonds. The van der Waals surface area contributed by atoms with Gasteiger partial charge in [-0.05, 0) is 18.6 Å². The molecular formula is C20H22N4O4. The van der Waals surface area contributed by atoms with Crippen molar-refractivity contribution in [1.82, 2.24) is 10.3 Å². The van der Waals surface area contributed by atoms with Crippen LogP contribution in [0.2, 0.25) is 0 Å². The Morgan fingerprint density at radius 3 is 2.68 bits per heavy atom. The number of nitriles is 1. The van der Waals surface area contributed by atoms with Crippen molar-refractivity contribution in [3.63, 3.8) is 0 Å². The Labute approximate surface area is 163 Å². The number of hydrogen-bond acceptors (Lipinski definition) is 7. The Bertz CT molecular complexity index is 879. The Kier molecular flexibility index (Phi) is 7.34. The number of nitrogens with zero attached hydrogens (tertiary/aromatic N) is 3. The molecular weight excluding hydrogens is 360 g/mol. The van der Waals surface area contributed by atoms with Crippen LogP contribution in [0.15, 0.2) is 41.3 Å². The van der Waals surface area contributed by atoms with E-state index in [1.807, 2.05) is 31.1 Å². The molecule has 0 atom stereocenters. The average Bonchev–Trinajstić information content (AvgIpc) is 3.13. The number of nitrogens with one attached hydrogen (secondary N) is 1. The molecule has 0 fully saturated rings. The third kappa shape index (κ3) is 5.45. The summed E-state index contributed by atoms with van der Waals surface area (Å²) in [7, 11) is 3.84. The van der Waals surface area contributed by atoms with Crippen LogP contribution in [-0.4, -0.2) is 37.6 Å². The number of esters is 1. The maximum absolute atomic E-state index is 12.3. The topological polar surface area (TPSA) is 108 Å². The number of amides is 1. The molecule has 1 aromatic heterocycles. The molecule has 146 valence electrons. The van der Waals surface area contributed by atoms with Gasteiger partial charge in [-0.15, -0.1) is 6.58 Å². The molecule has 1 heterocycles. The number of ether oxygens (including phenoxy) is 1. The molecule has 0 radical (unpaired) electrons. The van der Waals surface area contributed by atoms with Crippen molar-refractivity contribution in [2.45, 2.75) is 19.4 Å². The van der Waals surface area contributed by atoms with E-state index in [9.17, 15) is 9.59 Å². The van der Waals surface area contributed by atoms with Gasteiger partial charge >= 0.3 is 5.97 Å². The molecule has 0 spiro atoms. The molecule has 28 heavy (non-hydrogen) atoms. The van der Waals surface area contributed by atoms with Crippen molar-refractivity contribution >= 4 is 17.6 Å². The first-order valence-electron chi connectivity index (χ1n) is 8.65. The third-order valence-corrected chi connectivity index (χ3v) is 3.79. The monoisotopic (exact) mass is 382 g/mol. The van der Waals surface area contributed by atoms with E-state index in [1.54, 1.807) is 24.3 Å². The van der Waals surface area contributed by atoms with Gasteiger partial charge < -0.3 is 19.4 Å². The van der Waals surface area contributed by atoms with Crippen LogP contribution in [0.3, 0.4) is 0 Å². The first-order chi connectivity index (χ1) is 13.5. The summed E-state index contributed by atoms with van der Waals surface area (Å²) in [6.07, 6.45) is 2.52. The molecule has 2 rings (SSSR count). The van der Waals surface area contributed by atoms with E-state index in [1.165, 1.54) is 0 Å². The standard InChI is InChI=1S/C20H22N4O4/c1-4-5-6-16(25)22-13-17-23-18(19(28-17)20(26)27-12-11-21)14-7-9-15(10-8-14)24(2)3/h4,7-10H,1,5-6,12-13H2,2-3H3,(H,22,25). The number of oxazole rings is 1. The average molecular weight is 382 g/mol. The highest BCUT2D eigenvalue weighted by Gasteiger charge is 2.23. The number of aromatic nitrogens is 1. The smallest absolute Gasteiger partial charge is 0.377 e. The Morgan fingerprint density at radius 1 is 1.36 bits per heavy atom. The molecule has 0 aliphatic heterocycles. The van der Waals surface area contributed by atoms with Gasteiger partial charge in [0.2, 0.25) is 17.6 Å². The van der Waals surface area contributed by atoms with Gasteiger partial charge in [0, 0.05) is 31.8 Å². The van der Waals surface area contributed by atoms with E-state index in [2.05, 4.69) is 16.9 Å². The fraction of sp³-hybridized carbons (Fsp3) is 0.300. The van der Waals surface area contributed by atoms with E-state index in [-0.39, 0.29) is 24.1 Å². The van der Waals surface area contributed by atoms with Gasteiger partial charge in [-0.1, -0.05) is 18.2 Å².